The maximum Gasteiger partial charge on any atom is 0.122 e. The van der Waals surface area contributed by atoms with Crippen molar-refractivity contribution in [1.29, 1.82) is 0 Å². The van der Waals surface area contributed by atoms with E-state index < -0.39 is 0 Å². The number of nitrogens with zero attached hydrogens (tertiary/aromatic N) is 1. The predicted molar refractivity (Wildman–Crippen MR) is 74.1 cm³/mol. The molecule has 0 saturated carbocycles. The van der Waals surface area contributed by atoms with Crippen molar-refractivity contribution >= 4 is 0 Å². The molecule has 0 amide bonds. The molecule has 0 N–H and O–H groups in total. The minimum Gasteiger partial charge on any atom is -0.492 e. The summed E-state index contributed by atoms with van der Waals surface area (Å²) in [6, 6.07) is 4.42. The largest absolute Gasteiger partial charge is 0.492 e. The van der Waals surface area contributed by atoms with Crippen molar-refractivity contribution in [3.8, 4) is 5.75 Å². The Morgan fingerprint density at radius 3 is 2.29 bits per heavy atom. The molecule has 17 heavy (non-hydrogen) atoms. The first-order valence-corrected chi connectivity index (χ1v) is 6.30. The molecule has 2 heteroatoms. The third kappa shape index (κ3) is 4.04. The van der Waals surface area contributed by atoms with Crippen LogP contribution in [0.5, 0.6) is 5.75 Å². The van der Waals surface area contributed by atoms with Gasteiger partial charge < -0.3 is 9.64 Å². The molecule has 0 spiro atoms. The summed E-state index contributed by atoms with van der Waals surface area (Å²) in [4.78, 5) is 2.13. The topological polar surface area (TPSA) is 12.5 Å². The van der Waals surface area contributed by atoms with E-state index in [0.717, 1.165) is 18.9 Å². The van der Waals surface area contributed by atoms with E-state index in [9.17, 15) is 0 Å². The second kappa shape index (κ2) is 6.06. The van der Waals surface area contributed by atoms with Gasteiger partial charge in [-0.3, -0.25) is 0 Å². The fourth-order valence-electron chi connectivity index (χ4n) is 1.96. The third-order valence-electron chi connectivity index (χ3n) is 2.98. The number of aryl methyl sites for hydroxylation is 2. The minimum absolute atomic E-state index is 0.548. The van der Waals surface area contributed by atoms with Gasteiger partial charge in [0.05, 0.1) is 0 Å². The van der Waals surface area contributed by atoms with Crippen LogP contribution in [-0.4, -0.2) is 32.1 Å². The number of hydrogen-bond acceptors (Lipinski definition) is 2. The molecule has 96 valence electrons. The first kappa shape index (κ1) is 14.0. The van der Waals surface area contributed by atoms with Crippen LogP contribution in [0, 0.1) is 13.8 Å². The third-order valence-corrected chi connectivity index (χ3v) is 2.98. The molecular weight excluding hydrogens is 210 g/mol. The lowest BCUT2D eigenvalue weighted by molar-refractivity contribution is 0.260. The standard InChI is InChI=1S/C15H25NO/c1-11(2)14-10-15(13(4)9-12(14)3)17-8-7-16(5)6/h9-11H,7-8H2,1-6H3. The second-order valence-electron chi connectivity index (χ2n) is 5.28. The van der Waals surface area contributed by atoms with Crippen molar-refractivity contribution in [3.05, 3.63) is 28.8 Å². The molecule has 0 aliphatic rings. The molecule has 0 saturated heterocycles. The molecule has 0 radical (unpaired) electrons. The fourth-order valence-corrected chi connectivity index (χ4v) is 1.96. The molecule has 0 fully saturated rings. The smallest absolute Gasteiger partial charge is 0.122 e. The van der Waals surface area contributed by atoms with E-state index in [0.29, 0.717) is 5.92 Å². The number of rotatable bonds is 5. The predicted octanol–water partition coefficient (Wildman–Crippen LogP) is 3.37. The highest BCUT2D eigenvalue weighted by atomic mass is 16.5. The molecule has 0 bridgehead atoms. The van der Waals surface area contributed by atoms with Crippen LogP contribution < -0.4 is 4.74 Å². The number of hydrogen-bond donors (Lipinski definition) is 0. The van der Waals surface area contributed by atoms with Crippen molar-refractivity contribution in [2.24, 2.45) is 0 Å². The lowest BCUT2D eigenvalue weighted by atomic mass is 9.96. The molecule has 0 heterocycles. The van der Waals surface area contributed by atoms with Gasteiger partial charge >= 0.3 is 0 Å². The highest BCUT2D eigenvalue weighted by Crippen LogP contribution is 2.27. The summed E-state index contributed by atoms with van der Waals surface area (Å²) in [6.07, 6.45) is 0. The van der Waals surface area contributed by atoms with Gasteiger partial charge in [0.25, 0.3) is 0 Å². The van der Waals surface area contributed by atoms with Crippen molar-refractivity contribution in [2.75, 3.05) is 27.2 Å². The van der Waals surface area contributed by atoms with E-state index in [4.69, 9.17) is 4.74 Å². The molecule has 0 atom stereocenters. The maximum atomic E-state index is 5.85. The van der Waals surface area contributed by atoms with Crippen molar-refractivity contribution in [3.63, 3.8) is 0 Å². The Bertz CT molecular complexity index is 369. The van der Waals surface area contributed by atoms with Crippen LogP contribution >= 0.6 is 0 Å². The average Bonchev–Trinajstić information content (AvgIpc) is 2.20. The molecule has 0 aromatic heterocycles. The quantitative estimate of drug-likeness (QED) is 0.776. The first-order chi connectivity index (χ1) is 7.91. The van der Waals surface area contributed by atoms with E-state index in [1.807, 2.05) is 0 Å². The van der Waals surface area contributed by atoms with Gasteiger partial charge in [-0.25, -0.2) is 0 Å². The molecule has 1 rings (SSSR count). The second-order valence-corrected chi connectivity index (χ2v) is 5.28. The van der Waals surface area contributed by atoms with Gasteiger partial charge in [-0.2, -0.15) is 0 Å². The van der Waals surface area contributed by atoms with Gasteiger partial charge in [0.1, 0.15) is 12.4 Å². The highest BCUT2D eigenvalue weighted by Gasteiger charge is 2.08. The van der Waals surface area contributed by atoms with E-state index in [1.54, 1.807) is 0 Å². The summed E-state index contributed by atoms with van der Waals surface area (Å²) in [5.74, 6) is 1.58. The average molecular weight is 235 g/mol. The van der Waals surface area contributed by atoms with Gasteiger partial charge in [-0.15, -0.1) is 0 Å². The van der Waals surface area contributed by atoms with Crippen LogP contribution in [0.25, 0.3) is 0 Å². The van der Waals surface area contributed by atoms with Crippen LogP contribution in [0.1, 0.15) is 36.5 Å². The maximum absolute atomic E-state index is 5.85. The Balaban J connectivity index is 2.81. The van der Waals surface area contributed by atoms with Gasteiger partial charge in [-0.05, 0) is 56.6 Å². The van der Waals surface area contributed by atoms with Crippen LogP contribution in [0.15, 0.2) is 12.1 Å². The molecule has 1 aromatic rings. The lowest BCUT2D eigenvalue weighted by Crippen LogP contribution is -2.19. The summed E-state index contributed by atoms with van der Waals surface area (Å²) in [5.41, 5.74) is 3.97. The molecule has 2 nitrogen and oxygen atoms in total. The number of ether oxygens (including phenoxy) is 1. The monoisotopic (exact) mass is 235 g/mol. The van der Waals surface area contributed by atoms with Crippen LogP contribution in [-0.2, 0) is 0 Å². The molecule has 0 aliphatic heterocycles. The van der Waals surface area contributed by atoms with E-state index in [1.165, 1.54) is 16.7 Å². The molecule has 1 aromatic carbocycles. The zero-order valence-electron chi connectivity index (χ0n) is 12.0. The van der Waals surface area contributed by atoms with Crippen molar-refractivity contribution in [2.45, 2.75) is 33.6 Å². The Hall–Kier alpha value is -1.02. The zero-order chi connectivity index (χ0) is 13.0. The van der Waals surface area contributed by atoms with Gasteiger partial charge in [0, 0.05) is 6.54 Å². The fraction of sp³-hybridized carbons (Fsp3) is 0.600. The van der Waals surface area contributed by atoms with Crippen LogP contribution in [0.2, 0.25) is 0 Å². The van der Waals surface area contributed by atoms with E-state index in [2.05, 4.69) is 58.8 Å². The van der Waals surface area contributed by atoms with E-state index >= 15 is 0 Å². The first-order valence-electron chi connectivity index (χ1n) is 6.30. The van der Waals surface area contributed by atoms with Crippen LogP contribution in [0.3, 0.4) is 0 Å². The molecular formula is C15H25NO. The van der Waals surface area contributed by atoms with E-state index in [-0.39, 0.29) is 0 Å². The Morgan fingerprint density at radius 1 is 1.12 bits per heavy atom. The zero-order valence-corrected chi connectivity index (χ0v) is 12.0. The summed E-state index contributed by atoms with van der Waals surface area (Å²) >= 11 is 0. The van der Waals surface area contributed by atoms with Crippen LogP contribution in [0.4, 0.5) is 0 Å². The summed E-state index contributed by atoms with van der Waals surface area (Å²) in [5, 5.41) is 0. The van der Waals surface area contributed by atoms with Gasteiger partial charge in [0.2, 0.25) is 0 Å². The van der Waals surface area contributed by atoms with Crippen molar-refractivity contribution in [1.82, 2.24) is 4.90 Å². The SMILES string of the molecule is Cc1cc(C)c(C(C)C)cc1OCCN(C)C. The van der Waals surface area contributed by atoms with Crippen molar-refractivity contribution < 1.29 is 4.74 Å². The van der Waals surface area contributed by atoms with Gasteiger partial charge in [0.15, 0.2) is 0 Å². The number of likely N-dealkylation sites (N-methyl/N-ethyl adjacent to an activating group) is 1. The molecule has 0 aliphatic carbocycles. The summed E-state index contributed by atoms with van der Waals surface area (Å²) in [6.45, 7) is 10.4. The Labute approximate surface area is 106 Å². The Morgan fingerprint density at radius 2 is 1.76 bits per heavy atom. The van der Waals surface area contributed by atoms with Gasteiger partial charge in [-0.1, -0.05) is 19.9 Å². The summed E-state index contributed by atoms with van der Waals surface area (Å²) < 4.78 is 5.85. The highest BCUT2D eigenvalue weighted by molar-refractivity contribution is 5.42. The minimum atomic E-state index is 0.548. The normalized spacial score (nSPS) is 11.3. The molecule has 0 unspecified atom stereocenters. The lowest BCUT2D eigenvalue weighted by Gasteiger charge is -2.17. The Kier molecular flexibility index (Phi) is 5.01. The number of benzene rings is 1. The summed E-state index contributed by atoms with van der Waals surface area (Å²) in [7, 11) is 4.12.